The Labute approximate surface area is 191 Å². The van der Waals surface area contributed by atoms with Gasteiger partial charge in [-0.3, -0.25) is 9.59 Å². The van der Waals surface area contributed by atoms with E-state index in [-0.39, 0.29) is 33.8 Å². The van der Waals surface area contributed by atoms with E-state index in [1.54, 1.807) is 37.3 Å². The van der Waals surface area contributed by atoms with Crippen LogP contribution < -0.4 is 15.6 Å². The maximum Gasteiger partial charge on any atom is 0.359 e. The lowest BCUT2D eigenvalue weighted by Gasteiger charge is -2.10. The minimum absolute atomic E-state index is 0.0255. The molecule has 8 nitrogen and oxygen atoms in total. The highest BCUT2D eigenvalue weighted by atomic mass is 32.1. The lowest BCUT2D eigenvalue weighted by Crippen LogP contribution is -2.26. The summed E-state index contributed by atoms with van der Waals surface area (Å²) in [6.07, 6.45) is 0. The lowest BCUT2D eigenvalue weighted by atomic mass is 10.2. The van der Waals surface area contributed by atoms with Crippen molar-refractivity contribution in [2.75, 3.05) is 19.0 Å². The first kappa shape index (κ1) is 22.2. The van der Waals surface area contributed by atoms with Crippen LogP contribution >= 0.6 is 11.3 Å². The van der Waals surface area contributed by atoms with Crippen molar-refractivity contribution in [2.45, 2.75) is 6.92 Å². The SMILES string of the molecule is CCOC(=O)c1nn(-c2ccccc2F)c(=O)c2c(NC(=O)c3cccc(OC)c3)scc12. The summed E-state index contributed by atoms with van der Waals surface area (Å²) in [5.41, 5.74) is -0.672. The van der Waals surface area contributed by atoms with Crippen LogP contribution in [0.3, 0.4) is 0 Å². The maximum atomic E-state index is 14.5. The molecule has 4 aromatic rings. The van der Waals surface area contributed by atoms with Gasteiger partial charge >= 0.3 is 5.97 Å². The third-order valence-corrected chi connectivity index (χ3v) is 5.66. The standard InChI is InChI=1S/C23H18FN3O5S/c1-3-32-23(30)19-15-12-33-21(25-20(28)13-7-6-8-14(11-13)31-2)18(15)22(29)27(26-19)17-10-5-4-9-16(17)24/h4-12H,3H2,1-2H3,(H,25,28). The monoisotopic (exact) mass is 467 g/mol. The van der Waals surface area contributed by atoms with Crippen LogP contribution in [-0.2, 0) is 4.74 Å². The van der Waals surface area contributed by atoms with Gasteiger partial charge in [0.2, 0.25) is 0 Å². The summed E-state index contributed by atoms with van der Waals surface area (Å²) in [5.74, 6) is -1.45. The minimum atomic E-state index is -0.768. The number of anilines is 1. The summed E-state index contributed by atoms with van der Waals surface area (Å²) in [5, 5.41) is 8.75. The molecular formula is C23H18FN3O5S. The minimum Gasteiger partial charge on any atom is -0.497 e. The second-order valence-electron chi connectivity index (χ2n) is 6.78. The number of methoxy groups -OCH3 is 1. The van der Waals surface area contributed by atoms with Gasteiger partial charge in [0.25, 0.3) is 11.5 Å². The Hall–Kier alpha value is -4.05. The third-order valence-electron chi connectivity index (χ3n) is 4.76. The van der Waals surface area contributed by atoms with E-state index < -0.39 is 23.3 Å². The summed E-state index contributed by atoms with van der Waals surface area (Å²) in [4.78, 5) is 38.7. The molecule has 0 aliphatic heterocycles. The molecule has 0 aliphatic carbocycles. The summed E-state index contributed by atoms with van der Waals surface area (Å²) < 4.78 is 25.5. The number of halogens is 1. The fourth-order valence-corrected chi connectivity index (χ4v) is 4.15. The summed E-state index contributed by atoms with van der Waals surface area (Å²) in [7, 11) is 1.48. The number of hydrogen-bond donors (Lipinski definition) is 1. The number of esters is 1. The van der Waals surface area contributed by atoms with E-state index in [0.29, 0.717) is 11.3 Å². The molecule has 0 unspecified atom stereocenters. The van der Waals surface area contributed by atoms with E-state index in [0.717, 1.165) is 16.0 Å². The number of nitrogens with one attached hydrogen (secondary N) is 1. The number of thiophene rings is 1. The number of carbonyl (C=O) groups is 2. The van der Waals surface area contributed by atoms with E-state index in [2.05, 4.69) is 10.4 Å². The van der Waals surface area contributed by atoms with Crippen molar-refractivity contribution >= 4 is 39.0 Å². The number of rotatable bonds is 6. The van der Waals surface area contributed by atoms with Gasteiger partial charge in [-0.05, 0) is 37.3 Å². The Balaban J connectivity index is 1.88. The number of fused-ring (bicyclic) bond motifs is 1. The first-order chi connectivity index (χ1) is 15.9. The van der Waals surface area contributed by atoms with Gasteiger partial charge in [-0.15, -0.1) is 11.3 Å². The van der Waals surface area contributed by atoms with Crippen LogP contribution in [0.5, 0.6) is 5.75 Å². The number of carbonyl (C=O) groups excluding carboxylic acids is 2. The van der Waals surface area contributed by atoms with Crippen molar-refractivity contribution in [2.24, 2.45) is 0 Å². The number of benzene rings is 2. The first-order valence-corrected chi connectivity index (χ1v) is 10.7. The molecule has 1 amide bonds. The van der Waals surface area contributed by atoms with E-state index in [4.69, 9.17) is 9.47 Å². The summed E-state index contributed by atoms with van der Waals surface area (Å²) in [6.45, 7) is 1.72. The normalized spacial score (nSPS) is 10.8. The predicted molar refractivity (Wildman–Crippen MR) is 122 cm³/mol. The van der Waals surface area contributed by atoms with Gasteiger partial charge in [-0.25, -0.2) is 9.18 Å². The molecule has 1 N–H and O–H groups in total. The Morgan fingerprint density at radius 2 is 1.97 bits per heavy atom. The molecule has 0 aliphatic rings. The van der Waals surface area contributed by atoms with Gasteiger partial charge in [-0.2, -0.15) is 9.78 Å². The molecule has 168 valence electrons. The Morgan fingerprint density at radius 1 is 1.18 bits per heavy atom. The molecule has 0 fully saturated rings. The van der Waals surface area contributed by atoms with Crippen LogP contribution in [0.15, 0.2) is 58.7 Å². The summed E-state index contributed by atoms with van der Waals surface area (Å²) in [6, 6.07) is 12.1. The highest BCUT2D eigenvalue weighted by molar-refractivity contribution is 7.16. The third kappa shape index (κ3) is 4.20. The van der Waals surface area contributed by atoms with Crippen molar-refractivity contribution < 1.29 is 23.5 Å². The highest BCUT2D eigenvalue weighted by Crippen LogP contribution is 2.31. The van der Waals surface area contributed by atoms with Crippen LogP contribution in [0.25, 0.3) is 16.5 Å². The molecular weight excluding hydrogens is 449 g/mol. The van der Waals surface area contributed by atoms with Gasteiger partial charge in [0.15, 0.2) is 5.69 Å². The molecule has 2 heterocycles. The van der Waals surface area contributed by atoms with E-state index in [9.17, 15) is 18.8 Å². The number of hydrogen-bond acceptors (Lipinski definition) is 7. The highest BCUT2D eigenvalue weighted by Gasteiger charge is 2.24. The molecule has 2 aromatic carbocycles. The van der Waals surface area contributed by atoms with Crippen molar-refractivity contribution in [1.82, 2.24) is 9.78 Å². The number of ether oxygens (including phenoxy) is 2. The van der Waals surface area contributed by atoms with Crippen LogP contribution in [0.4, 0.5) is 9.39 Å². The maximum absolute atomic E-state index is 14.5. The van der Waals surface area contributed by atoms with Crippen LogP contribution in [0.1, 0.15) is 27.8 Å². The van der Waals surface area contributed by atoms with E-state index >= 15 is 0 Å². The number of para-hydroxylation sites is 1. The van der Waals surface area contributed by atoms with Crippen molar-refractivity contribution in [3.63, 3.8) is 0 Å². The van der Waals surface area contributed by atoms with Crippen molar-refractivity contribution in [3.8, 4) is 11.4 Å². The fraction of sp³-hybridized carbons (Fsp3) is 0.130. The molecule has 0 spiro atoms. The summed E-state index contributed by atoms with van der Waals surface area (Å²) >= 11 is 1.05. The Bertz CT molecular complexity index is 1430. The zero-order valence-corrected chi connectivity index (χ0v) is 18.4. The topological polar surface area (TPSA) is 99.5 Å². The molecule has 0 atom stereocenters. The molecule has 0 radical (unpaired) electrons. The molecule has 4 rings (SSSR count). The van der Waals surface area contributed by atoms with Gasteiger partial charge in [0.05, 0.1) is 19.1 Å². The van der Waals surface area contributed by atoms with Crippen LogP contribution in [0, 0.1) is 5.82 Å². The van der Waals surface area contributed by atoms with Gasteiger partial charge in [0.1, 0.15) is 22.3 Å². The average molecular weight is 467 g/mol. The molecule has 0 bridgehead atoms. The molecule has 33 heavy (non-hydrogen) atoms. The molecule has 0 saturated carbocycles. The molecule has 0 saturated heterocycles. The van der Waals surface area contributed by atoms with E-state index in [1.165, 1.54) is 30.7 Å². The molecule has 2 aromatic heterocycles. The van der Waals surface area contributed by atoms with Crippen molar-refractivity contribution in [1.29, 1.82) is 0 Å². The van der Waals surface area contributed by atoms with Gasteiger partial charge < -0.3 is 14.8 Å². The largest absolute Gasteiger partial charge is 0.497 e. The number of nitrogens with zero attached hydrogens (tertiary/aromatic N) is 2. The van der Waals surface area contributed by atoms with Gasteiger partial charge in [0, 0.05) is 16.3 Å². The fourth-order valence-electron chi connectivity index (χ4n) is 3.22. The predicted octanol–water partition coefficient (Wildman–Crippen LogP) is 4.02. The zero-order chi connectivity index (χ0) is 23.5. The Kier molecular flexibility index (Phi) is 6.18. The second-order valence-corrected chi connectivity index (χ2v) is 7.66. The number of aromatic nitrogens is 2. The van der Waals surface area contributed by atoms with Crippen molar-refractivity contribution in [3.05, 3.63) is 81.3 Å². The number of amides is 1. The van der Waals surface area contributed by atoms with Crippen LogP contribution in [-0.4, -0.2) is 35.4 Å². The average Bonchev–Trinajstić information content (AvgIpc) is 3.24. The van der Waals surface area contributed by atoms with Crippen LogP contribution in [0.2, 0.25) is 0 Å². The first-order valence-electron chi connectivity index (χ1n) is 9.86. The molecule has 10 heteroatoms. The quantitative estimate of drug-likeness (QED) is 0.430. The zero-order valence-electron chi connectivity index (χ0n) is 17.6. The second kappa shape index (κ2) is 9.21. The lowest BCUT2D eigenvalue weighted by molar-refractivity contribution is 0.0519. The van der Waals surface area contributed by atoms with E-state index in [1.807, 2.05) is 0 Å². The smallest absolute Gasteiger partial charge is 0.359 e. The van der Waals surface area contributed by atoms with Gasteiger partial charge in [-0.1, -0.05) is 18.2 Å². The Morgan fingerprint density at radius 3 is 2.70 bits per heavy atom.